The molecule has 0 saturated heterocycles. The molecule has 0 saturated carbocycles. The summed E-state index contributed by atoms with van der Waals surface area (Å²) >= 11 is 0. The van der Waals surface area contributed by atoms with Gasteiger partial charge in [-0.1, -0.05) is 6.07 Å². The number of hydrogen-bond acceptors (Lipinski definition) is 4. The van der Waals surface area contributed by atoms with Crippen LogP contribution in [-0.2, 0) is 11.0 Å². The lowest BCUT2D eigenvalue weighted by atomic mass is 10.1. The lowest BCUT2D eigenvalue weighted by Crippen LogP contribution is -1.96. The van der Waals surface area contributed by atoms with Crippen LogP contribution < -0.4 is 9.26 Å². The minimum atomic E-state index is -4.58. The number of aryl methyl sites for hydroxylation is 1. The average molecular weight is 262 g/mol. The van der Waals surface area contributed by atoms with E-state index in [1.807, 2.05) is 0 Å². The van der Waals surface area contributed by atoms with Crippen LogP contribution in [0.5, 0.6) is 11.5 Å². The Morgan fingerprint density at radius 2 is 2.00 bits per heavy atom. The molecule has 3 N–H and O–H groups in total. The van der Waals surface area contributed by atoms with Crippen LogP contribution in [0.25, 0.3) is 0 Å². The van der Waals surface area contributed by atoms with Crippen molar-refractivity contribution < 1.29 is 28.7 Å². The summed E-state index contributed by atoms with van der Waals surface area (Å²) in [6.07, 6.45) is 1.27. The molecule has 0 radical (unpaired) electrons. The zero-order chi connectivity index (χ0) is 12.9. The zero-order valence-corrected chi connectivity index (χ0v) is 10.3. The summed E-state index contributed by atoms with van der Waals surface area (Å²) < 4.78 is 20.2. The Morgan fingerprint density at radius 3 is 2.53 bits per heavy atom. The molecule has 0 amide bonds. The molecule has 0 heterocycles. The Hall–Kier alpha value is -1.07. The van der Waals surface area contributed by atoms with Gasteiger partial charge in [-0.2, -0.15) is 0 Å². The second kappa shape index (κ2) is 6.02. The highest BCUT2D eigenvalue weighted by atomic mass is 31.2. The Balaban J connectivity index is 2.89. The molecular formula is C10H15O6P. The molecule has 0 aliphatic heterocycles. The van der Waals surface area contributed by atoms with Crippen molar-refractivity contribution in [2.24, 2.45) is 0 Å². The number of benzene rings is 1. The molecule has 0 fully saturated rings. The monoisotopic (exact) mass is 262 g/mol. The van der Waals surface area contributed by atoms with Gasteiger partial charge in [0.1, 0.15) is 0 Å². The van der Waals surface area contributed by atoms with Gasteiger partial charge >= 0.3 is 7.82 Å². The van der Waals surface area contributed by atoms with E-state index >= 15 is 0 Å². The van der Waals surface area contributed by atoms with Crippen molar-refractivity contribution in [2.45, 2.75) is 12.8 Å². The SMILES string of the molecule is COc1cc(CCCO)ccc1OP(=O)(O)O. The zero-order valence-electron chi connectivity index (χ0n) is 9.37. The standard InChI is InChI=1S/C10H15O6P/c1-15-10-7-8(3-2-6-11)4-5-9(10)16-17(12,13)14/h4-5,7,11H,2-3,6H2,1H3,(H2,12,13,14). The molecule has 0 aromatic heterocycles. The van der Waals surface area contributed by atoms with Crippen molar-refractivity contribution >= 4 is 7.82 Å². The van der Waals surface area contributed by atoms with Crippen molar-refractivity contribution in [3.05, 3.63) is 23.8 Å². The van der Waals surface area contributed by atoms with Crippen LogP contribution in [0, 0.1) is 0 Å². The van der Waals surface area contributed by atoms with Crippen molar-refractivity contribution in [3.63, 3.8) is 0 Å². The molecule has 0 bridgehead atoms. The molecule has 1 aromatic rings. The van der Waals surface area contributed by atoms with Gasteiger partial charge in [0.05, 0.1) is 7.11 Å². The Kier molecular flexibility index (Phi) is 4.96. The molecule has 7 heteroatoms. The summed E-state index contributed by atoms with van der Waals surface area (Å²) in [4.78, 5) is 17.4. The highest BCUT2D eigenvalue weighted by Gasteiger charge is 2.19. The first-order chi connectivity index (χ1) is 7.96. The van der Waals surface area contributed by atoms with Crippen molar-refractivity contribution in [2.75, 3.05) is 13.7 Å². The van der Waals surface area contributed by atoms with Gasteiger partial charge in [0.15, 0.2) is 11.5 Å². The number of rotatable bonds is 6. The third kappa shape index (κ3) is 4.75. The van der Waals surface area contributed by atoms with Crippen LogP contribution in [0.2, 0.25) is 0 Å². The summed E-state index contributed by atoms with van der Waals surface area (Å²) in [6.45, 7) is 0.0864. The van der Waals surface area contributed by atoms with Crippen LogP contribution in [0.4, 0.5) is 0 Å². The van der Waals surface area contributed by atoms with Crippen molar-refractivity contribution in [1.82, 2.24) is 0 Å². The fourth-order valence-corrected chi connectivity index (χ4v) is 1.76. The molecule has 0 aliphatic rings. The highest BCUT2D eigenvalue weighted by molar-refractivity contribution is 7.46. The topological polar surface area (TPSA) is 96.2 Å². The van der Waals surface area contributed by atoms with E-state index in [1.165, 1.54) is 13.2 Å². The summed E-state index contributed by atoms with van der Waals surface area (Å²) in [6, 6.07) is 4.73. The van der Waals surface area contributed by atoms with Gasteiger partial charge in [-0.05, 0) is 30.5 Å². The first-order valence-corrected chi connectivity index (χ1v) is 6.52. The minimum Gasteiger partial charge on any atom is -0.493 e. The van der Waals surface area contributed by atoms with E-state index in [4.69, 9.17) is 19.6 Å². The van der Waals surface area contributed by atoms with Gasteiger partial charge in [-0.25, -0.2) is 4.57 Å². The number of aliphatic hydroxyl groups excluding tert-OH is 1. The maximum absolute atomic E-state index is 10.7. The summed E-state index contributed by atoms with van der Waals surface area (Å²) in [5.74, 6) is 0.248. The summed E-state index contributed by atoms with van der Waals surface area (Å²) in [7, 11) is -3.20. The van der Waals surface area contributed by atoms with Crippen LogP contribution in [-0.4, -0.2) is 28.6 Å². The second-order valence-electron chi connectivity index (χ2n) is 3.39. The summed E-state index contributed by atoms with van der Waals surface area (Å²) in [5, 5.41) is 8.70. The van der Waals surface area contributed by atoms with Gasteiger partial charge < -0.3 is 14.4 Å². The van der Waals surface area contributed by atoms with E-state index in [0.29, 0.717) is 12.8 Å². The number of phosphoric ester groups is 1. The van der Waals surface area contributed by atoms with Crippen molar-refractivity contribution in [3.8, 4) is 11.5 Å². The van der Waals surface area contributed by atoms with Gasteiger partial charge in [0, 0.05) is 6.61 Å². The molecule has 6 nitrogen and oxygen atoms in total. The Bertz CT molecular complexity index is 413. The predicted molar refractivity (Wildman–Crippen MR) is 61.1 cm³/mol. The van der Waals surface area contributed by atoms with E-state index < -0.39 is 7.82 Å². The maximum atomic E-state index is 10.7. The van der Waals surface area contributed by atoms with E-state index in [1.54, 1.807) is 12.1 Å². The summed E-state index contributed by atoms with van der Waals surface area (Å²) in [5.41, 5.74) is 0.897. The van der Waals surface area contributed by atoms with E-state index in [-0.39, 0.29) is 18.1 Å². The predicted octanol–water partition coefficient (Wildman–Crippen LogP) is 1.09. The fraction of sp³-hybridized carbons (Fsp3) is 0.400. The normalized spacial score (nSPS) is 11.3. The van der Waals surface area contributed by atoms with Crippen LogP contribution in [0.3, 0.4) is 0 Å². The number of ether oxygens (including phenoxy) is 1. The van der Waals surface area contributed by atoms with Crippen LogP contribution in [0.1, 0.15) is 12.0 Å². The third-order valence-corrected chi connectivity index (χ3v) is 2.50. The quantitative estimate of drug-likeness (QED) is 0.664. The van der Waals surface area contributed by atoms with E-state index in [2.05, 4.69) is 4.52 Å². The van der Waals surface area contributed by atoms with Crippen LogP contribution >= 0.6 is 7.82 Å². The second-order valence-corrected chi connectivity index (χ2v) is 4.56. The molecule has 17 heavy (non-hydrogen) atoms. The van der Waals surface area contributed by atoms with Gasteiger partial charge in [0.2, 0.25) is 0 Å². The first-order valence-electron chi connectivity index (χ1n) is 4.99. The lowest BCUT2D eigenvalue weighted by molar-refractivity contribution is 0.276. The van der Waals surface area contributed by atoms with Crippen LogP contribution in [0.15, 0.2) is 18.2 Å². The molecule has 1 rings (SSSR count). The largest absolute Gasteiger partial charge is 0.524 e. The average Bonchev–Trinajstić information content (AvgIpc) is 2.25. The van der Waals surface area contributed by atoms with E-state index in [0.717, 1.165) is 5.56 Å². The molecular weight excluding hydrogens is 247 g/mol. The molecule has 96 valence electrons. The molecule has 0 unspecified atom stereocenters. The highest BCUT2D eigenvalue weighted by Crippen LogP contribution is 2.42. The van der Waals surface area contributed by atoms with Gasteiger partial charge in [0.25, 0.3) is 0 Å². The maximum Gasteiger partial charge on any atom is 0.524 e. The Labute approximate surface area is 99.1 Å². The van der Waals surface area contributed by atoms with Crippen molar-refractivity contribution in [1.29, 1.82) is 0 Å². The third-order valence-electron chi connectivity index (χ3n) is 2.07. The molecule has 0 aliphatic carbocycles. The molecule has 1 aromatic carbocycles. The number of aliphatic hydroxyl groups is 1. The number of methoxy groups -OCH3 is 1. The van der Waals surface area contributed by atoms with Gasteiger partial charge in [-0.15, -0.1) is 0 Å². The Morgan fingerprint density at radius 1 is 1.29 bits per heavy atom. The first kappa shape index (κ1) is 14.0. The van der Waals surface area contributed by atoms with E-state index in [9.17, 15) is 4.57 Å². The number of phosphoric acid groups is 1. The lowest BCUT2D eigenvalue weighted by Gasteiger charge is -2.12. The smallest absolute Gasteiger partial charge is 0.493 e. The minimum absolute atomic E-state index is 0.00594. The van der Waals surface area contributed by atoms with Gasteiger partial charge in [-0.3, -0.25) is 9.79 Å². The molecule has 0 spiro atoms. The fourth-order valence-electron chi connectivity index (χ4n) is 1.35. The number of hydrogen-bond donors (Lipinski definition) is 3. The molecule has 0 atom stereocenters.